The first kappa shape index (κ1) is 9.52. The number of hydrogen-bond donors (Lipinski definition) is 0. The summed E-state index contributed by atoms with van der Waals surface area (Å²) in [5, 5.41) is 0. The summed E-state index contributed by atoms with van der Waals surface area (Å²) in [6.45, 7) is 1.78. The van der Waals surface area contributed by atoms with Crippen LogP contribution >= 0.6 is 15.9 Å². The Morgan fingerprint density at radius 3 is 2.86 bits per heavy atom. The number of benzene rings is 1. The van der Waals surface area contributed by atoms with Crippen LogP contribution in [0.4, 0.5) is 0 Å². The Kier molecular flexibility index (Phi) is 2.46. The number of Topliss-reactive ketones (excluding diaryl/α,β-unsaturated/α-hetero) is 1. The number of carbonyl (C=O) groups is 1. The monoisotopic (exact) mass is 256 g/mol. The van der Waals surface area contributed by atoms with E-state index in [1.54, 1.807) is 6.92 Å². The van der Waals surface area contributed by atoms with Crippen molar-refractivity contribution in [2.45, 2.75) is 13.3 Å². The van der Waals surface area contributed by atoms with Crippen molar-refractivity contribution < 1.29 is 14.3 Å². The first-order valence-corrected chi connectivity index (χ1v) is 5.04. The van der Waals surface area contributed by atoms with Crippen molar-refractivity contribution in [1.29, 1.82) is 0 Å². The average molecular weight is 257 g/mol. The molecule has 0 aromatic heterocycles. The lowest BCUT2D eigenvalue weighted by Crippen LogP contribution is -1.98. The predicted molar refractivity (Wildman–Crippen MR) is 54.7 cm³/mol. The molecule has 0 radical (unpaired) electrons. The summed E-state index contributed by atoms with van der Waals surface area (Å²) in [6, 6.07) is 3.74. The molecule has 0 saturated carbocycles. The zero-order chi connectivity index (χ0) is 10.1. The van der Waals surface area contributed by atoms with E-state index in [9.17, 15) is 4.79 Å². The molecular weight excluding hydrogens is 248 g/mol. The molecule has 0 N–H and O–H groups in total. The number of hydrogen-bond acceptors (Lipinski definition) is 3. The minimum Gasteiger partial charge on any atom is -0.453 e. The molecule has 0 aliphatic carbocycles. The molecule has 0 bridgehead atoms. The van der Waals surface area contributed by atoms with Gasteiger partial charge in [0.15, 0.2) is 11.5 Å². The van der Waals surface area contributed by atoms with E-state index in [0.29, 0.717) is 17.9 Å². The standard InChI is InChI=1S/C10H9BrO3/c1-6(12)4-7-2-3-8(11)10-9(7)13-5-14-10/h2-3H,4-5H2,1H3. The van der Waals surface area contributed by atoms with Gasteiger partial charge in [0, 0.05) is 12.0 Å². The van der Waals surface area contributed by atoms with Gasteiger partial charge in [-0.05, 0) is 28.9 Å². The highest BCUT2D eigenvalue weighted by atomic mass is 79.9. The molecule has 1 aromatic rings. The van der Waals surface area contributed by atoms with Crippen molar-refractivity contribution in [1.82, 2.24) is 0 Å². The molecular formula is C10H9BrO3. The van der Waals surface area contributed by atoms with Crippen LogP contribution in [0.15, 0.2) is 16.6 Å². The van der Waals surface area contributed by atoms with E-state index < -0.39 is 0 Å². The molecule has 1 aliphatic rings. The fourth-order valence-corrected chi connectivity index (χ4v) is 1.85. The molecule has 1 aliphatic heterocycles. The van der Waals surface area contributed by atoms with E-state index >= 15 is 0 Å². The SMILES string of the molecule is CC(=O)Cc1ccc(Br)c2c1OCO2. The van der Waals surface area contributed by atoms with Crippen LogP contribution in [0.25, 0.3) is 0 Å². The van der Waals surface area contributed by atoms with Crippen LogP contribution in [0, 0.1) is 0 Å². The highest BCUT2D eigenvalue weighted by molar-refractivity contribution is 9.10. The Hall–Kier alpha value is -1.03. The fraction of sp³-hybridized carbons (Fsp3) is 0.300. The van der Waals surface area contributed by atoms with Gasteiger partial charge in [0.05, 0.1) is 4.47 Å². The largest absolute Gasteiger partial charge is 0.453 e. The Morgan fingerprint density at radius 1 is 1.43 bits per heavy atom. The number of ketones is 1. The highest BCUT2D eigenvalue weighted by Crippen LogP contribution is 2.41. The Balaban J connectivity index is 2.43. The van der Waals surface area contributed by atoms with Crippen molar-refractivity contribution in [2.75, 3.05) is 6.79 Å². The third-order valence-corrected chi connectivity index (χ3v) is 2.62. The van der Waals surface area contributed by atoms with E-state index in [1.165, 1.54) is 0 Å². The molecule has 74 valence electrons. The summed E-state index contributed by atoms with van der Waals surface area (Å²) >= 11 is 3.36. The van der Waals surface area contributed by atoms with Gasteiger partial charge < -0.3 is 9.47 Å². The van der Waals surface area contributed by atoms with Crippen molar-refractivity contribution >= 4 is 21.7 Å². The van der Waals surface area contributed by atoms with E-state index in [1.807, 2.05) is 12.1 Å². The van der Waals surface area contributed by atoms with Crippen molar-refractivity contribution in [3.63, 3.8) is 0 Å². The summed E-state index contributed by atoms with van der Waals surface area (Å²) in [5.74, 6) is 1.50. The summed E-state index contributed by atoms with van der Waals surface area (Å²) < 4.78 is 11.4. The quantitative estimate of drug-likeness (QED) is 0.815. The first-order chi connectivity index (χ1) is 6.68. The van der Waals surface area contributed by atoms with Gasteiger partial charge in [-0.15, -0.1) is 0 Å². The summed E-state index contributed by atoms with van der Waals surface area (Å²) in [6.07, 6.45) is 0.388. The van der Waals surface area contributed by atoms with Gasteiger partial charge in [0.1, 0.15) is 5.78 Å². The lowest BCUT2D eigenvalue weighted by Gasteiger charge is -2.04. The number of rotatable bonds is 2. The maximum absolute atomic E-state index is 11.0. The molecule has 1 aromatic carbocycles. The second kappa shape index (κ2) is 3.61. The molecule has 0 fully saturated rings. The molecule has 1 heterocycles. The maximum Gasteiger partial charge on any atom is 0.231 e. The smallest absolute Gasteiger partial charge is 0.231 e. The number of ether oxygens (including phenoxy) is 2. The summed E-state index contributed by atoms with van der Waals surface area (Å²) in [7, 11) is 0. The average Bonchev–Trinajstić information content (AvgIpc) is 2.58. The molecule has 14 heavy (non-hydrogen) atoms. The number of fused-ring (bicyclic) bond motifs is 1. The van der Waals surface area contributed by atoms with E-state index in [2.05, 4.69) is 15.9 Å². The predicted octanol–water partition coefficient (Wildman–Crippen LogP) is 2.31. The van der Waals surface area contributed by atoms with Gasteiger partial charge in [0.25, 0.3) is 0 Å². The Bertz CT molecular complexity index is 387. The number of halogens is 1. The highest BCUT2D eigenvalue weighted by Gasteiger charge is 2.21. The van der Waals surface area contributed by atoms with Crippen molar-refractivity contribution in [3.8, 4) is 11.5 Å². The van der Waals surface area contributed by atoms with Gasteiger partial charge >= 0.3 is 0 Å². The zero-order valence-corrected chi connectivity index (χ0v) is 9.26. The lowest BCUT2D eigenvalue weighted by molar-refractivity contribution is -0.116. The van der Waals surface area contributed by atoms with Gasteiger partial charge in [-0.3, -0.25) is 4.79 Å². The van der Waals surface area contributed by atoms with Gasteiger partial charge in [-0.25, -0.2) is 0 Å². The maximum atomic E-state index is 11.0. The van der Waals surface area contributed by atoms with Crippen LogP contribution in [0.1, 0.15) is 12.5 Å². The first-order valence-electron chi connectivity index (χ1n) is 4.25. The normalized spacial score (nSPS) is 13.0. The third kappa shape index (κ3) is 1.62. The molecule has 0 saturated heterocycles. The molecule has 0 amide bonds. The second-order valence-corrected chi connectivity index (χ2v) is 4.00. The number of carbonyl (C=O) groups excluding carboxylic acids is 1. The zero-order valence-electron chi connectivity index (χ0n) is 7.67. The summed E-state index contributed by atoms with van der Waals surface area (Å²) in [4.78, 5) is 11.0. The van der Waals surface area contributed by atoms with Crippen molar-refractivity contribution in [2.24, 2.45) is 0 Å². The Labute approximate surface area is 90.1 Å². The van der Waals surface area contributed by atoms with Crippen LogP contribution < -0.4 is 9.47 Å². The molecule has 2 rings (SSSR count). The third-order valence-electron chi connectivity index (χ3n) is 1.99. The van der Waals surface area contributed by atoms with E-state index in [-0.39, 0.29) is 12.6 Å². The van der Waals surface area contributed by atoms with Crippen LogP contribution in [-0.4, -0.2) is 12.6 Å². The molecule has 3 nitrogen and oxygen atoms in total. The molecule has 4 heteroatoms. The van der Waals surface area contributed by atoms with Crippen LogP contribution in [-0.2, 0) is 11.2 Å². The van der Waals surface area contributed by atoms with Crippen LogP contribution in [0.5, 0.6) is 11.5 Å². The van der Waals surface area contributed by atoms with Gasteiger partial charge in [-0.2, -0.15) is 0 Å². The fourth-order valence-electron chi connectivity index (χ4n) is 1.43. The summed E-state index contributed by atoms with van der Waals surface area (Å²) in [5.41, 5.74) is 0.883. The lowest BCUT2D eigenvalue weighted by atomic mass is 10.1. The van der Waals surface area contributed by atoms with Gasteiger partial charge in [-0.1, -0.05) is 6.07 Å². The Morgan fingerprint density at radius 2 is 2.14 bits per heavy atom. The molecule has 0 atom stereocenters. The van der Waals surface area contributed by atoms with Crippen molar-refractivity contribution in [3.05, 3.63) is 22.2 Å². The van der Waals surface area contributed by atoms with Crippen LogP contribution in [0.2, 0.25) is 0 Å². The van der Waals surface area contributed by atoms with E-state index in [4.69, 9.17) is 9.47 Å². The molecule has 0 unspecified atom stereocenters. The minimum absolute atomic E-state index is 0.116. The minimum atomic E-state index is 0.116. The van der Waals surface area contributed by atoms with Crippen LogP contribution in [0.3, 0.4) is 0 Å². The second-order valence-electron chi connectivity index (χ2n) is 3.15. The topological polar surface area (TPSA) is 35.5 Å². The molecule has 0 spiro atoms. The van der Waals surface area contributed by atoms with Gasteiger partial charge in [0.2, 0.25) is 6.79 Å². The van der Waals surface area contributed by atoms with E-state index in [0.717, 1.165) is 10.0 Å².